The average Bonchev–Trinajstić information content (AvgIpc) is 3.47. The van der Waals surface area contributed by atoms with Crippen LogP contribution in [0.4, 0.5) is 11.4 Å². The maximum absolute atomic E-state index is 11.6. The van der Waals surface area contributed by atoms with Crippen molar-refractivity contribution in [3.8, 4) is 0 Å². The van der Waals surface area contributed by atoms with E-state index in [0.29, 0.717) is 58.8 Å². The Morgan fingerprint density at radius 2 is 0.916 bits per heavy atom. The topological polar surface area (TPSA) is 269 Å². The molecule has 1 aliphatic rings. The quantitative estimate of drug-likeness (QED) is 0.0205. The van der Waals surface area contributed by atoms with Crippen molar-refractivity contribution < 1.29 is 59.1 Å². The van der Waals surface area contributed by atoms with Gasteiger partial charge >= 0.3 is 23.9 Å². The van der Waals surface area contributed by atoms with Gasteiger partial charge in [-0.25, -0.2) is 19.2 Å². The fourth-order valence-corrected chi connectivity index (χ4v) is 9.25. The van der Waals surface area contributed by atoms with E-state index in [0.717, 1.165) is 36.2 Å². The molecule has 0 spiro atoms. The van der Waals surface area contributed by atoms with Gasteiger partial charge in [0.1, 0.15) is 5.78 Å². The molecular weight excluding hydrogens is 1050 g/mol. The Balaban J connectivity index is 0.000000381. The lowest BCUT2D eigenvalue weighted by Gasteiger charge is -2.31. The van der Waals surface area contributed by atoms with E-state index in [2.05, 4.69) is 118 Å². The van der Waals surface area contributed by atoms with Crippen molar-refractivity contribution in [2.75, 3.05) is 30.3 Å². The third-order valence-electron chi connectivity index (χ3n) is 14.1. The maximum atomic E-state index is 11.6. The lowest BCUT2D eigenvalue weighted by Crippen LogP contribution is -2.23. The first-order valence-corrected chi connectivity index (χ1v) is 27.9. The average molecular weight is 1140 g/mol. The molecule has 1 fully saturated rings. The number of carbonyl (C=O) groups is 7. The summed E-state index contributed by atoms with van der Waals surface area (Å²) in [6, 6.07) is 28.8. The van der Waals surface area contributed by atoms with E-state index in [4.69, 9.17) is 15.3 Å². The number of ketones is 3. The van der Waals surface area contributed by atoms with Crippen LogP contribution < -0.4 is 21.3 Å². The number of aliphatic hydroxyl groups is 1. The molecule has 0 aliphatic heterocycles. The van der Waals surface area contributed by atoms with Gasteiger partial charge in [-0.05, 0) is 164 Å². The highest BCUT2D eigenvalue weighted by molar-refractivity contribution is 6.00. The van der Waals surface area contributed by atoms with Crippen LogP contribution in [0, 0.1) is 17.8 Å². The van der Waals surface area contributed by atoms with Crippen molar-refractivity contribution in [2.45, 2.75) is 147 Å². The van der Waals surface area contributed by atoms with Crippen LogP contribution in [0.15, 0.2) is 109 Å². The molecule has 5 aromatic carbocycles. The molecule has 16 heteroatoms. The summed E-state index contributed by atoms with van der Waals surface area (Å²) in [4.78, 5) is 78.9. The standard InChI is InChI=1S/C19H27NO3.C19H21NO3.C15H19NO5.C13H19NO.CH4/c2*1-12(2)15-6-4-14(5-7-15)11-20-18-9-16(13(3)21)8-17(10-18)19(22)23;1-8(2)13-11(7-16-6-9(3)17)4-10(14(18)19)5-12(13)15(20)21;1-10(2)13-6-4-12(5-7-13)9-14-8-11(3)15;/h8-10,12,14-15,20H,4-7,11H2,1-3H3,(H,22,23);4-10,12,20H,11H2,1-3H3,(H,22,23);4-5,8,16H,6-7H2,1-3H3,(H,18,19)(H,20,21);4-7,10,14-15H,3,8-9H2,1-2H3;1H4. The van der Waals surface area contributed by atoms with Crippen LogP contribution in [0.5, 0.6) is 0 Å². The number of carboxylic acid groups (broad SMARTS) is 4. The highest BCUT2D eigenvalue weighted by Gasteiger charge is 2.24. The summed E-state index contributed by atoms with van der Waals surface area (Å²) in [5.74, 6) is -1.32. The van der Waals surface area contributed by atoms with Crippen molar-refractivity contribution in [3.05, 3.63) is 176 Å². The first kappa shape index (κ1) is 71.2. The zero-order valence-corrected chi connectivity index (χ0v) is 49.6. The zero-order valence-electron chi connectivity index (χ0n) is 49.6. The molecule has 16 nitrogen and oxygen atoms in total. The lowest BCUT2D eigenvalue weighted by molar-refractivity contribution is -0.116. The molecule has 0 atom stereocenters. The van der Waals surface area contributed by atoms with Crippen molar-refractivity contribution in [3.63, 3.8) is 0 Å². The summed E-state index contributed by atoms with van der Waals surface area (Å²) in [7, 11) is 0. The van der Waals surface area contributed by atoms with Crippen LogP contribution in [0.3, 0.4) is 0 Å². The SMILES string of the molecule is C.C=C(O)CNCc1ccc(C(C)C)cc1.CC(=O)CNCc1cc(C(=O)O)cc(C(=O)O)c1C(C)C.CC(=O)c1cc(NCC2CCC(C(C)C)CC2)cc(C(=O)O)c1.CC(=O)c1cc(NCc2ccc(C(C)C)cc2)cc(C(=O)O)c1. The van der Waals surface area contributed by atoms with E-state index >= 15 is 0 Å². The normalized spacial score (nSPS) is 13.4. The molecule has 0 saturated heterocycles. The Morgan fingerprint density at radius 1 is 0.494 bits per heavy atom. The molecule has 9 N–H and O–H groups in total. The Hall–Kier alpha value is -7.95. The van der Waals surface area contributed by atoms with E-state index in [1.165, 1.54) is 93.5 Å². The second kappa shape index (κ2) is 35.1. The summed E-state index contributed by atoms with van der Waals surface area (Å²) in [5, 5.41) is 58.1. The summed E-state index contributed by atoms with van der Waals surface area (Å²) >= 11 is 0. The third kappa shape index (κ3) is 25.0. The van der Waals surface area contributed by atoms with Gasteiger partial charge in [-0.3, -0.25) is 14.4 Å². The van der Waals surface area contributed by atoms with Crippen molar-refractivity contribution in [1.29, 1.82) is 0 Å². The number of aliphatic hydroxyl groups excluding tert-OH is 1. The molecule has 6 rings (SSSR count). The second-order valence-electron chi connectivity index (χ2n) is 22.2. The number of aromatic carboxylic acids is 4. The number of carbonyl (C=O) groups excluding carboxylic acids is 3. The maximum Gasteiger partial charge on any atom is 0.336 e. The van der Waals surface area contributed by atoms with Gasteiger partial charge in [0, 0.05) is 48.7 Å². The number of hydrogen-bond donors (Lipinski definition) is 9. The molecule has 0 bridgehead atoms. The number of rotatable bonds is 24. The number of Topliss-reactive ketones (excluding diaryl/α,β-unsaturated/α-hetero) is 3. The zero-order chi connectivity index (χ0) is 61.4. The number of nitrogens with one attached hydrogen (secondary N) is 4. The minimum absolute atomic E-state index is 0. The van der Waals surface area contributed by atoms with Gasteiger partial charge in [-0.2, -0.15) is 0 Å². The Bertz CT molecular complexity index is 2910. The van der Waals surface area contributed by atoms with E-state index in [9.17, 15) is 43.8 Å². The number of benzene rings is 5. The van der Waals surface area contributed by atoms with Crippen LogP contribution in [-0.2, 0) is 24.4 Å². The molecule has 5 aromatic rings. The molecule has 0 amide bonds. The number of anilines is 2. The van der Waals surface area contributed by atoms with Crippen LogP contribution in [0.1, 0.15) is 223 Å². The molecule has 0 unspecified atom stereocenters. The minimum Gasteiger partial charge on any atom is -0.512 e. The van der Waals surface area contributed by atoms with Gasteiger partial charge in [0.15, 0.2) is 11.6 Å². The fraction of sp³-hybridized carbons (Fsp3) is 0.418. The van der Waals surface area contributed by atoms with Gasteiger partial charge < -0.3 is 46.8 Å². The van der Waals surface area contributed by atoms with Gasteiger partial charge in [0.25, 0.3) is 0 Å². The predicted octanol–water partition coefficient (Wildman–Crippen LogP) is 14.3. The Kier molecular flexibility index (Phi) is 30.1. The molecule has 1 saturated carbocycles. The van der Waals surface area contributed by atoms with E-state index in [-0.39, 0.29) is 71.8 Å². The third-order valence-corrected chi connectivity index (χ3v) is 14.1. The second-order valence-corrected chi connectivity index (χ2v) is 22.2. The highest BCUT2D eigenvalue weighted by Crippen LogP contribution is 2.34. The van der Waals surface area contributed by atoms with E-state index < -0.39 is 23.9 Å². The molecule has 450 valence electrons. The Labute approximate surface area is 491 Å². The summed E-state index contributed by atoms with van der Waals surface area (Å²) in [6.45, 7) is 27.7. The van der Waals surface area contributed by atoms with Gasteiger partial charge in [-0.15, -0.1) is 0 Å². The van der Waals surface area contributed by atoms with Gasteiger partial charge in [0.05, 0.1) is 41.1 Å². The largest absolute Gasteiger partial charge is 0.512 e. The van der Waals surface area contributed by atoms with Crippen LogP contribution in [0.25, 0.3) is 0 Å². The fourth-order valence-electron chi connectivity index (χ4n) is 9.25. The van der Waals surface area contributed by atoms with E-state index in [1.54, 1.807) is 18.2 Å². The number of hydrogen-bond acceptors (Lipinski definition) is 12. The highest BCUT2D eigenvalue weighted by atomic mass is 16.4. The van der Waals surface area contributed by atoms with Gasteiger partial charge in [-0.1, -0.05) is 118 Å². The monoisotopic (exact) mass is 1140 g/mol. The Morgan fingerprint density at radius 3 is 1.30 bits per heavy atom. The summed E-state index contributed by atoms with van der Waals surface area (Å²) in [5.41, 5.74) is 8.49. The molecule has 83 heavy (non-hydrogen) atoms. The first-order valence-electron chi connectivity index (χ1n) is 27.9. The molecule has 0 heterocycles. The van der Waals surface area contributed by atoms with Crippen LogP contribution in [0.2, 0.25) is 0 Å². The van der Waals surface area contributed by atoms with Crippen LogP contribution >= 0.6 is 0 Å². The summed E-state index contributed by atoms with van der Waals surface area (Å²) < 4.78 is 0. The number of carboxylic acids is 4. The molecule has 0 radical (unpaired) electrons. The van der Waals surface area contributed by atoms with Gasteiger partial charge in [0.2, 0.25) is 0 Å². The molecule has 0 aromatic heterocycles. The van der Waals surface area contributed by atoms with Crippen molar-refractivity contribution in [1.82, 2.24) is 10.6 Å². The lowest BCUT2D eigenvalue weighted by atomic mass is 9.77. The molecular formula is C67H90N4O12. The predicted molar refractivity (Wildman–Crippen MR) is 331 cm³/mol. The summed E-state index contributed by atoms with van der Waals surface area (Å²) in [6.07, 6.45) is 4.98. The van der Waals surface area contributed by atoms with Crippen LogP contribution in [-0.4, -0.2) is 86.4 Å². The van der Waals surface area contributed by atoms with E-state index in [1.807, 2.05) is 13.8 Å². The first-order chi connectivity index (χ1) is 38.6. The van der Waals surface area contributed by atoms with Crippen molar-refractivity contribution in [2.24, 2.45) is 17.8 Å². The molecule has 1 aliphatic carbocycles. The smallest absolute Gasteiger partial charge is 0.336 e. The minimum atomic E-state index is -1.18. The van der Waals surface area contributed by atoms with Crippen molar-refractivity contribution >= 4 is 52.6 Å².